The first-order valence-corrected chi connectivity index (χ1v) is 7.14. The summed E-state index contributed by atoms with van der Waals surface area (Å²) in [5.74, 6) is 0.388. The van der Waals surface area contributed by atoms with E-state index in [9.17, 15) is 9.59 Å². The van der Waals surface area contributed by atoms with E-state index in [2.05, 4.69) is 0 Å². The summed E-state index contributed by atoms with van der Waals surface area (Å²) in [4.78, 5) is 26.9. The lowest BCUT2D eigenvalue weighted by Crippen LogP contribution is -2.41. The number of likely N-dealkylation sites (tertiary alicyclic amines) is 1. The number of aryl methyl sites for hydroxylation is 1. The van der Waals surface area contributed by atoms with Crippen molar-refractivity contribution in [3.05, 3.63) is 23.7 Å². The lowest BCUT2D eigenvalue weighted by Gasteiger charge is -2.25. The number of hydrogen-bond acceptors (Lipinski definition) is 4. The van der Waals surface area contributed by atoms with Crippen LogP contribution in [0.4, 0.5) is 0 Å². The van der Waals surface area contributed by atoms with Crippen molar-refractivity contribution >= 4 is 11.9 Å². The Kier molecular flexibility index (Phi) is 4.67. The minimum atomic E-state index is -0.781. The number of carbonyl (C=O) groups is 2. The van der Waals surface area contributed by atoms with Crippen LogP contribution in [0.5, 0.6) is 0 Å². The molecular formula is C15H22N2O4. The molecule has 1 fully saturated rings. The van der Waals surface area contributed by atoms with Crippen LogP contribution in [-0.2, 0) is 16.1 Å². The predicted molar refractivity (Wildman–Crippen MR) is 76.7 cm³/mol. The second kappa shape index (κ2) is 6.30. The fraction of sp³-hybridized carbons (Fsp3) is 0.600. The van der Waals surface area contributed by atoms with Gasteiger partial charge in [0.15, 0.2) is 0 Å². The number of hydrogen-bond donors (Lipinski definition) is 1. The molecule has 1 aromatic heterocycles. The Bertz CT molecular complexity index is 525. The molecule has 0 aliphatic carbocycles. The van der Waals surface area contributed by atoms with Gasteiger partial charge in [-0.25, -0.2) is 0 Å². The zero-order valence-corrected chi connectivity index (χ0v) is 12.7. The Morgan fingerprint density at radius 1 is 1.48 bits per heavy atom. The number of carbonyl (C=O) groups excluding carboxylic acids is 1. The van der Waals surface area contributed by atoms with Gasteiger partial charge in [-0.2, -0.15) is 0 Å². The Balaban J connectivity index is 1.88. The van der Waals surface area contributed by atoms with Gasteiger partial charge in [0.05, 0.1) is 19.0 Å². The molecule has 2 atom stereocenters. The van der Waals surface area contributed by atoms with Crippen molar-refractivity contribution in [2.75, 3.05) is 20.1 Å². The van der Waals surface area contributed by atoms with E-state index in [4.69, 9.17) is 9.52 Å². The van der Waals surface area contributed by atoms with Gasteiger partial charge in [0.25, 0.3) is 0 Å². The number of carboxylic acid groups (broad SMARTS) is 1. The van der Waals surface area contributed by atoms with Crippen molar-refractivity contribution in [2.45, 2.75) is 32.9 Å². The van der Waals surface area contributed by atoms with Gasteiger partial charge in [-0.3, -0.25) is 14.5 Å². The van der Waals surface area contributed by atoms with Crippen molar-refractivity contribution in [1.82, 2.24) is 9.80 Å². The zero-order valence-electron chi connectivity index (χ0n) is 12.7. The second-order valence-electron chi connectivity index (χ2n) is 5.71. The molecule has 1 saturated heterocycles. The highest BCUT2D eigenvalue weighted by atomic mass is 16.4. The van der Waals surface area contributed by atoms with Crippen molar-refractivity contribution < 1.29 is 19.1 Å². The van der Waals surface area contributed by atoms with Gasteiger partial charge in [-0.15, -0.1) is 0 Å². The first-order chi connectivity index (χ1) is 9.88. The SMILES string of the molecule is Cc1ccc(CN(C)C(=O)CN2CCC(C(=O)O)C2C)o1. The lowest BCUT2D eigenvalue weighted by atomic mass is 10.0. The van der Waals surface area contributed by atoms with Crippen molar-refractivity contribution in [1.29, 1.82) is 0 Å². The van der Waals surface area contributed by atoms with Crippen LogP contribution in [0.15, 0.2) is 16.5 Å². The summed E-state index contributed by atoms with van der Waals surface area (Å²) in [6, 6.07) is 3.62. The number of likely N-dealkylation sites (N-methyl/N-ethyl adjacent to an activating group) is 1. The highest BCUT2D eigenvalue weighted by Crippen LogP contribution is 2.24. The summed E-state index contributed by atoms with van der Waals surface area (Å²) >= 11 is 0. The lowest BCUT2D eigenvalue weighted by molar-refractivity contribution is -0.143. The first-order valence-electron chi connectivity index (χ1n) is 7.14. The average Bonchev–Trinajstić information content (AvgIpc) is 2.97. The van der Waals surface area contributed by atoms with E-state index in [1.165, 1.54) is 0 Å². The molecule has 1 aliphatic heterocycles. The number of rotatable bonds is 5. The Morgan fingerprint density at radius 3 is 2.71 bits per heavy atom. The number of amides is 1. The molecule has 2 rings (SSSR count). The van der Waals surface area contributed by atoms with Gasteiger partial charge in [0, 0.05) is 13.1 Å². The maximum Gasteiger partial charge on any atom is 0.308 e. The average molecular weight is 294 g/mol. The summed E-state index contributed by atoms with van der Waals surface area (Å²) in [7, 11) is 1.73. The summed E-state index contributed by atoms with van der Waals surface area (Å²) < 4.78 is 5.46. The minimum absolute atomic E-state index is 0.0260. The molecule has 21 heavy (non-hydrogen) atoms. The van der Waals surface area contributed by atoms with E-state index in [0.29, 0.717) is 19.5 Å². The second-order valence-corrected chi connectivity index (χ2v) is 5.71. The summed E-state index contributed by atoms with van der Waals surface area (Å²) in [6.45, 7) is 5.06. The predicted octanol–water partition coefficient (Wildman–Crippen LogP) is 1.34. The van der Waals surface area contributed by atoms with Crippen LogP contribution >= 0.6 is 0 Å². The third-order valence-corrected chi connectivity index (χ3v) is 4.16. The molecule has 1 amide bonds. The minimum Gasteiger partial charge on any atom is -0.481 e. The van der Waals surface area contributed by atoms with E-state index in [1.807, 2.05) is 30.9 Å². The van der Waals surface area contributed by atoms with Gasteiger partial charge < -0.3 is 14.4 Å². The van der Waals surface area contributed by atoms with Crippen molar-refractivity contribution in [3.8, 4) is 0 Å². The summed E-state index contributed by atoms with van der Waals surface area (Å²) in [5, 5.41) is 9.11. The van der Waals surface area contributed by atoms with E-state index < -0.39 is 5.97 Å². The fourth-order valence-electron chi connectivity index (χ4n) is 2.74. The van der Waals surface area contributed by atoms with Gasteiger partial charge in [0.1, 0.15) is 11.5 Å². The van der Waals surface area contributed by atoms with E-state index in [0.717, 1.165) is 11.5 Å². The molecular weight excluding hydrogens is 272 g/mol. The van der Waals surface area contributed by atoms with Crippen molar-refractivity contribution in [2.24, 2.45) is 5.92 Å². The third-order valence-electron chi connectivity index (χ3n) is 4.16. The number of nitrogens with zero attached hydrogens (tertiary/aromatic N) is 2. The molecule has 116 valence electrons. The third kappa shape index (κ3) is 3.64. The zero-order chi connectivity index (χ0) is 15.6. The molecule has 0 radical (unpaired) electrons. The number of furan rings is 1. The molecule has 1 aromatic rings. The summed E-state index contributed by atoms with van der Waals surface area (Å²) in [6.07, 6.45) is 0.602. The molecule has 0 saturated carbocycles. The topological polar surface area (TPSA) is 74.0 Å². The number of aliphatic carboxylic acids is 1. The molecule has 0 spiro atoms. The maximum absolute atomic E-state index is 12.2. The Labute approximate surface area is 124 Å². The monoisotopic (exact) mass is 294 g/mol. The van der Waals surface area contributed by atoms with Crippen LogP contribution in [0.2, 0.25) is 0 Å². The molecule has 6 nitrogen and oxygen atoms in total. The van der Waals surface area contributed by atoms with E-state index in [1.54, 1.807) is 11.9 Å². The fourth-order valence-corrected chi connectivity index (χ4v) is 2.74. The molecule has 0 aromatic carbocycles. The molecule has 2 heterocycles. The molecule has 1 N–H and O–H groups in total. The van der Waals surface area contributed by atoms with Gasteiger partial charge in [0.2, 0.25) is 5.91 Å². The highest BCUT2D eigenvalue weighted by Gasteiger charge is 2.36. The normalized spacial score (nSPS) is 22.4. The van der Waals surface area contributed by atoms with E-state index in [-0.39, 0.29) is 24.4 Å². The first kappa shape index (κ1) is 15.6. The van der Waals surface area contributed by atoms with Crippen LogP contribution in [0.3, 0.4) is 0 Å². The van der Waals surface area contributed by atoms with Crippen LogP contribution in [0.25, 0.3) is 0 Å². The van der Waals surface area contributed by atoms with Gasteiger partial charge in [-0.05, 0) is 38.9 Å². The van der Waals surface area contributed by atoms with Crippen molar-refractivity contribution in [3.63, 3.8) is 0 Å². The molecule has 6 heteroatoms. The molecule has 2 unspecified atom stereocenters. The van der Waals surface area contributed by atoms with Gasteiger partial charge in [-0.1, -0.05) is 0 Å². The standard InChI is InChI=1S/C15H22N2O4/c1-10-4-5-12(21-10)8-16(3)14(18)9-17-7-6-13(11(17)2)15(19)20/h4-5,11,13H,6-9H2,1-3H3,(H,19,20). The van der Waals surface area contributed by atoms with Crippen LogP contribution in [0, 0.1) is 12.8 Å². The molecule has 0 bridgehead atoms. The maximum atomic E-state index is 12.2. The van der Waals surface area contributed by atoms with E-state index >= 15 is 0 Å². The Hall–Kier alpha value is -1.82. The van der Waals surface area contributed by atoms with Crippen LogP contribution in [-0.4, -0.2) is 53.0 Å². The quantitative estimate of drug-likeness (QED) is 0.887. The van der Waals surface area contributed by atoms with Crippen LogP contribution < -0.4 is 0 Å². The molecule has 1 aliphatic rings. The smallest absolute Gasteiger partial charge is 0.308 e. The van der Waals surface area contributed by atoms with Crippen LogP contribution in [0.1, 0.15) is 24.9 Å². The summed E-state index contributed by atoms with van der Waals surface area (Å²) in [5.41, 5.74) is 0. The van der Waals surface area contributed by atoms with Gasteiger partial charge >= 0.3 is 5.97 Å². The highest BCUT2D eigenvalue weighted by molar-refractivity contribution is 5.78. The Morgan fingerprint density at radius 2 is 2.19 bits per heavy atom. The largest absolute Gasteiger partial charge is 0.481 e. The number of carboxylic acids is 1.